The van der Waals surface area contributed by atoms with E-state index in [-0.39, 0.29) is 6.61 Å². The second-order valence-corrected chi connectivity index (χ2v) is 6.15. The minimum absolute atomic E-state index is 0.248. The summed E-state index contributed by atoms with van der Waals surface area (Å²) < 4.78 is 11.0. The summed E-state index contributed by atoms with van der Waals surface area (Å²) in [6.45, 7) is 9.46. The molecule has 0 aromatic heterocycles. The van der Waals surface area contributed by atoms with E-state index in [1.54, 1.807) is 6.07 Å². The second-order valence-electron chi connectivity index (χ2n) is 5.74. The number of rotatable bonds is 9. The van der Waals surface area contributed by atoms with Crippen LogP contribution in [-0.4, -0.2) is 80.1 Å². The molecular weight excluding hydrogens is 316 g/mol. The summed E-state index contributed by atoms with van der Waals surface area (Å²) in [5.41, 5.74) is 0. The summed E-state index contributed by atoms with van der Waals surface area (Å²) in [7, 11) is 0. The molecular formula is C17H27ClN2O3. The van der Waals surface area contributed by atoms with Gasteiger partial charge in [0.25, 0.3) is 0 Å². The molecule has 0 amide bonds. The Balaban J connectivity index is 1.69. The van der Waals surface area contributed by atoms with Crippen LogP contribution in [0.4, 0.5) is 0 Å². The molecule has 0 aliphatic carbocycles. The highest BCUT2D eigenvalue weighted by Crippen LogP contribution is 2.23. The van der Waals surface area contributed by atoms with E-state index in [4.69, 9.17) is 21.1 Å². The standard InChI is InChI=1S/C17H27ClN2O3/c1-2-19(7-8-20-9-11-22-12-10-20)13-15(21)14-23-17-6-4-3-5-16(17)18/h3-6,15,21H,2,7-14H2,1H3. The molecule has 6 heteroatoms. The van der Waals surface area contributed by atoms with Crippen LogP contribution in [0.5, 0.6) is 5.75 Å². The summed E-state index contributed by atoms with van der Waals surface area (Å²) in [6.07, 6.45) is -0.532. The van der Waals surface area contributed by atoms with Crippen LogP contribution in [0.25, 0.3) is 0 Å². The Morgan fingerprint density at radius 3 is 2.78 bits per heavy atom. The molecule has 1 aromatic carbocycles. The zero-order valence-corrected chi connectivity index (χ0v) is 14.5. The molecule has 0 bridgehead atoms. The number of benzene rings is 1. The topological polar surface area (TPSA) is 45.2 Å². The number of hydrogen-bond acceptors (Lipinski definition) is 5. The normalized spacial score (nSPS) is 17.4. The maximum atomic E-state index is 10.2. The first-order valence-corrected chi connectivity index (χ1v) is 8.64. The number of likely N-dealkylation sites (N-methyl/N-ethyl adjacent to an activating group) is 1. The van der Waals surface area contributed by atoms with Crippen LogP contribution < -0.4 is 4.74 Å². The predicted molar refractivity (Wildman–Crippen MR) is 92.3 cm³/mol. The van der Waals surface area contributed by atoms with E-state index in [0.717, 1.165) is 45.9 Å². The summed E-state index contributed by atoms with van der Waals surface area (Å²) in [5.74, 6) is 0.615. The molecule has 5 nitrogen and oxygen atoms in total. The van der Waals surface area contributed by atoms with Crippen molar-refractivity contribution in [1.29, 1.82) is 0 Å². The Morgan fingerprint density at radius 1 is 1.35 bits per heavy atom. The van der Waals surface area contributed by atoms with Gasteiger partial charge in [-0.15, -0.1) is 0 Å². The molecule has 1 atom stereocenters. The van der Waals surface area contributed by atoms with Crippen molar-refractivity contribution in [3.63, 3.8) is 0 Å². The fourth-order valence-corrected chi connectivity index (χ4v) is 2.77. The van der Waals surface area contributed by atoms with Crippen LogP contribution in [0.3, 0.4) is 0 Å². The van der Waals surface area contributed by atoms with Crippen LogP contribution in [0.1, 0.15) is 6.92 Å². The second kappa shape index (κ2) is 10.1. The smallest absolute Gasteiger partial charge is 0.138 e. The van der Waals surface area contributed by atoms with E-state index >= 15 is 0 Å². The number of halogens is 1. The molecule has 0 saturated carbocycles. The quantitative estimate of drug-likeness (QED) is 0.740. The monoisotopic (exact) mass is 342 g/mol. The van der Waals surface area contributed by atoms with Gasteiger partial charge < -0.3 is 14.6 Å². The van der Waals surface area contributed by atoms with Crippen LogP contribution in [-0.2, 0) is 4.74 Å². The summed E-state index contributed by atoms with van der Waals surface area (Å²) in [6, 6.07) is 7.32. The van der Waals surface area contributed by atoms with Crippen molar-refractivity contribution >= 4 is 11.6 Å². The van der Waals surface area contributed by atoms with Gasteiger partial charge in [0.1, 0.15) is 18.5 Å². The lowest BCUT2D eigenvalue weighted by molar-refractivity contribution is 0.0273. The highest BCUT2D eigenvalue weighted by Gasteiger charge is 2.15. The van der Waals surface area contributed by atoms with Gasteiger partial charge in [0.05, 0.1) is 18.2 Å². The Labute approximate surface area is 143 Å². The van der Waals surface area contributed by atoms with Gasteiger partial charge in [-0.05, 0) is 18.7 Å². The van der Waals surface area contributed by atoms with Crippen molar-refractivity contribution in [2.24, 2.45) is 0 Å². The van der Waals surface area contributed by atoms with Gasteiger partial charge in [0.2, 0.25) is 0 Å². The molecule has 1 unspecified atom stereocenters. The largest absolute Gasteiger partial charge is 0.489 e. The van der Waals surface area contributed by atoms with E-state index in [1.807, 2.05) is 18.2 Å². The maximum Gasteiger partial charge on any atom is 0.138 e. The van der Waals surface area contributed by atoms with E-state index in [2.05, 4.69) is 16.7 Å². The van der Waals surface area contributed by atoms with Gasteiger partial charge in [-0.1, -0.05) is 30.7 Å². The Morgan fingerprint density at radius 2 is 2.09 bits per heavy atom. The van der Waals surface area contributed by atoms with Gasteiger partial charge in [0, 0.05) is 32.7 Å². The van der Waals surface area contributed by atoms with Crippen molar-refractivity contribution in [1.82, 2.24) is 9.80 Å². The van der Waals surface area contributed by atoms with Crippen LogP contribution in [0, 0.1) is 0 Å². The van der Waals surface area contributed by atoms with Gasteiger partial charge in [-0.3, -0.25) is 9.80 Å². The first kappa shape index (κ1) is 18.5. The number of para-hydroxylation sites is 1. The maximum absolute atomic E-state index is 10.2. The number of aliphatic hydroxyl groups excluding tert-OH is 1. The molecule has 0 radical (unpaired) electrons. The molecule has 1 aliphatic heterocycles. The van der Waals surface area contributed by atoms with Gasteiger partial charge in [0.15, 0.2) is 0 Å². The molecule has 1 aromatic rings. The van der Waals surface area contributed by atoms with Crippen molar-refractivity contribution in [3.05, 3.63) is 29.3 Å². The summed E-state index contributed by atoms with van der Waals surface area (Å²) in [4.78, 5) is 4.65. The zero-order valence-electron chi connectivity index (χ0n) is 13.8. The number of ether oxygens (including phenoxy) is 2. The third-order valence-electron chi connectivity index (χ3n) is 4.02. The third-order valence-corrected chi connectivity index (χ3v) is 4.33. The molecule has 1 N–H and O–H groups in total. The highest BCUT2D eigenvalue weighted by molar-refractivity contribution is 6.32. The molecule has 23 heavy (non-hydrogen) atoms. The number of morpholine rings is 1. The molecule has 0 spiro atoms. The average Bonchev–Trinajstić information content (AvgIpc) is 2.58. The SMILES string of the molecule is CCN(CCN1CCOCC1)CC(O)COc1ccccc1Cl. The van der Waals surface area contributed by atoms with Gasteiger partial charge in [-0.2, -0.15) is 0 Å². The van der Waals surface area contributed by atoms with Crippen molar-refractivity contribution in [2.45, 2.75) is 13.0 Å². The predicted octanol–water partition coefficient (Wildman–Crippen LogP) is 1.73. The van der Waals surface area contributed by atoms with Crippen molar-refractivity contribution < 1.29 is 14.6 Å². The van der Waals surface area contributed by atoms with Crippen molar-refractivity contribution in [3.8, 4) is 5.75 Å². The van der Waals surface area contributed by atoms with Crippen LogP contribution in [0.2, 0.25) is 5.02 Å². The van der Waals surface area contributed by atoms with Gasteiger partial charge >= 0.3 is 0 Å². The van der Waals surface area contributed by atoms with E-state index in [0.29, 0.717) is 17.3 Å². The molecule has 1 heterocycles. The molecule has 1 saturated heterocycles. The lowest BCUT2D eigenvalue weighted by atomic mass is 10.3. The Hall–Kier alpha value is -0.850. The zero-order chi connectivity index (χ0) is 16.5. The highest BCUT2D eigenvalue weighted by atomic mass is 35.5. The summed E-state index contributed by atoms with van der Waals surface area (Å²) >= 11 is 6.04. The van der Waals surface area contributed by atoms with Crippen molar-refractivity contribution in [2.75, 3.05) is 59.1 Å². The molecule has 130 valence electrons. The Bertz CT molecular complexity index is 455. The average molecular weight is 343 g/mol. The molecule has 1 fully saturated rings. The third kappa shape index (κ3) is 6.65. The van der Waals surface area contributed by atoms with E-state index in [9.17, 15) is 5.11 Å². The van der Waals surface area contributed by atoms with E-state index < -0.39 is 6.10 Å². The van der Waals surface area contributed by atoms with Crippen LogP contribution in [0.15, 0.2) is 24.3 Å². The lowest BCUT2D eigenvalue weighted by Crippen LogP contribution is -2.43. The number of nitrogens with zero attached hydrogens (tertiary/aromatic N) is 2. The Kier molecular flexibility index (Phi) is 8.12. The molecule has 1 aliphatic rings. The first-order chi connectivity index (χ1) is 11.2. The minimum Gasteiger partial charge on any atom is -0.489 e. The van der Waals surface area contributed by atoms with Gasteiger partial charge in [-0.25, -0.2) is 0 Å². The minimum atomic E-state index is -0.532. The van der Waals surface area contributed by atoms with Crippen LogP contribution >= 0.6 is 11.6 Å². The fraction of sp³-hybridized carbons (Fsp3) is 0.647. The molecule has 2 rings (SSSR count). The fourth-order valence-electron chi connectivity index (χ4n) is 2.58. The van der Waals surface area contributed by atoms with E-state index in [1.165, 1.54) is 0 Å². The first-order valence-electron chi connectivity index (χ1n) is 8.27. The lowest BCUT2D eigenvalue weighted by Gasteiger charge is -2.30. The summed E-state index contributed by atoms with van der Waals surface area (Å²) in [5, 5.41) is 10.8. The number of aliphatic hydroxyl groups is 1. The number of hydrogen-bond donors (Lipinski definition) is 1.